The number of hydrogen-bond acceptors (Lipinski definition) is 12. The Hall–Kier alpha value is -2.93. The van der Waals surface area contributed by atoms with Gasteiger partial charge in [-0.3, -0.25) is 19.2 Å². The monoisotopic (exact) mass is 537 g/mol. The number of amides is 4. The normalized spacial score (nSPS) is 24.9. The van der Waals surface area contributed by atoms with E-state index in [1.54, 1.807) is 0 Å². The number of rotatable bonds is 15. The topological polar surface area (TPSA) is 279 Å². The van der Waals surface area contributed by atoms with Crippen LogP contribution in [0.3, 0.4) is 0 Å². The van der Waals surface area contributed by atoms with Crippen LogP contribution in [-0.4, -0.2) is 131 Å². The zero-order valence-electron chi connectivity index (χ0n) is 20.2. The van der Waals surface area contributed by atoms with E-state index in [9.17, 15) is 39.3 Å². The molecule has 0 aliphatic carbocycles. The molecule has 0 bridgehead atoms. The van der Waals surface area contributed by atoms with E-state index in [1.165, 1.54) is 6.92 Å². The van der Waals surface area contributed by atoms with E-state index in [0.717, 1.165) is 0 Å². The molecule has 1 rings (SSSR count). The highest BCUT2D eigenvalue weighted by atomic mass is 16.7. The third kappa shape index (κ3) is 10.9. The first-order valence-electron chi connectivity index (χ1n) is 11.3. The molecular weight excluding hydrogens is 502 g/mol. The first-order valence-corrected chi connectivity index (χ1v) is 11.3. The molecule has 17 heteroatoms. The first-order chi connectivity index (χ1) is 17.4. The average molecular weight is 538 g/mol. The summed E-state index contributed by atoms with van der Waals surface area (Å²) in [5.74, 6) is -4.24. The van der Waals surface area contributed by atoms with E-state index in [2.05, 4.69) is 16.0 Å². The van der Waals surface area contributed by atoms with Crippen molar-refractivity contribution in [1.29, 1.82) is 0 Å². The number of ether oxygens (including phenoxy) is 2. The van der Waals surface area contributed by atoms with Crippen LogP contribution in [0.1, 0.15) is 19.8 Å². The van der Waals surface area contributed by atoms with Gasteiger partial charge in [0.05, 0.1) is 38.8 Å². The molecule has 11 N–H and O–H groups in total. The largest absolute Gasteiger partial charge is 0.480 e. The highest BCUT2D eigenvalue weighted by Gasteiger charge is 2.45. The van der Waals surface area contributed by atoms with Gasteiger partial charge in [-0.2, -0.15) is 0 Å². The lowest BCUT2D eigenvalue weighted by atomic mass is 9.97. The number of nitrogens with two attached hydrogens (primary N) is 1. The van der Waals surface area contributed by atoms with E-state index in [1.807, 2.05) is 5.32 Å². The Morgan fingerprint density at radius 2 is 1.73 bits per heavy atom. The van der Waals surface area contributed by atoms with Crippen molar-refractivity contribution in [3.8, 4) is 0 Å². The van der Waals surface area contributed by atoms with Crippen molar-refractivity contribution in [2.75, 3.05) is 32.9 Å². The molecule has 1 fully saturated rings. The third-order valence-electron chi connectivity index (χ3n) is 5.16. The van der Waals surface area contributed by atoms with Crippen molar-refractivity contribution >= 4 is 29.6 Å². The van der Waals surface area contributed by atoms with E-state index in [4.69, 9.17) is 25.4 Å². The Morgan fingerprint density at radius 3 is 2.30 bits per heavy atom. The van der Waals surface area contributed by atoms with Crippen LogP contribution < -0.4 is 27.0 Å². The number of carboxylic acids is 1. The van der Waals surface area contributed by atoms with Crippen LogP contribution in [0.15, 0.2) is 0 Å². The van der Waals surface area contributed by atoms with Crippen molar-refractivity contribution in [2.24, 2.45) is 5.73 Å². The van der Waals surface area contributed by atoms with Gasteiger partial charge >= 0.3 is 5.97 Å². The Labute approximate surface area is 211 Å². The summed E-state index contributed by atoms with van der Waals surface area (Å²) in [6.45, 7) is -0.743. The second-order valence-corrected chi connectivity index (χ2v) is 8.18. The lowest BCUT2D eigenvalue weighted by molar-refractivity contribution is -0.270. The van der Waals surface area contributed by atoms with Crippen LogP contribution in [0.5, 0.6) is 0 Å². The van der Waals surface area contributed by atoms with Gasteiger partial charge < -0.3 is 62.0 Å². The second-order valence-electron chi connectivity index (χ2n) is 8.18. The number of aliphatic carboxylic acids is 1. The zero-order chi connectivity index (χ0) is 28.1. The van der Waals surface area contributed by atoms with Crippen molar-refractivity contribution in [3.63, 3.8) is 0 Å². The molecule has 212 valence electrons. The molecule has 0 aromatic heterocycles. The summed E-state index contributed by atoms with van der Waals surface area (Å²) in [6, 6.07) is -3.92. The molecule has 37 heavy (non-hydrogen) atoms. The van der Waals surface area contributed by atoms with Gasteiger partial charge in [0.1, 0.15) is 30.4 Å². The van der Waals surface area contributed by atoms with Gasteiger partial charge in [-0.05, 0) is 6.42 Å². The summed E-state index contributed by atoms with van der Waals surface area (Å²) in [4.78, 5) is 57.7. The van der Waals surface area contributed by atoms with Gasteiger partial charge in [-0.25, -0.2) is 4.79 Å². The number of carboxylic acid groups (broad SMARTS) is 1. The van der Waals surface area contributed by atoms with E-state index in [-0.39, 0.29) is 19.6 Å². The molecule has 0 radical (unpaired) electrons. The van der Waals surface area contributed by atoms with Gasteiger partial charge in [0.25, 0.3) is 0 Å². The summed E-state index contributed by atoms with van der Waals surface area (Å²) in [5.41, 5.74) is 5.63. The Kier molecular flexibility index (Phi) is 13.9. The minimum atomic E-state index is -1.53. The number of aliphatic hydroxyl groups is 4. The lowest BCUT2D eigenvalue weighted by Crippen LogP contribution is -2.64. The van der Waals surface area contributed by atoms with E-state index >= 15 is 0 Å². The molecule has 17 nitrogen and oxygen atoms in total. The number of nitrogens with one attached hydrogen (secondary N) is 4. The second kappa shape index (κ2) is 16.0. The summed E-state index contributed by atoms with van der Waals surface area (Å²) >= 11 is 0. The van der Waals surface area contributed by atoms with Gasteiger partial charge in [-0.1, -0.05) is 0 Å². The SMILES string of the molecule is CC(=O)N[C@H]1[C@H](OCCCNC(=O)C[C@H](N)C(=O)NCC(=O)N[C@H](CO)C(=O)O)O[C@H](CO)[C@@H](O)[C@@H]1O. The lowest BCUT2D eigenvalue weighted by Gasteiger charge is -2.42. The minimum absolute atomic E-state index is 0.00514. The Bertz CT molecular complexity index is 800. The molecule has 4 amide bonds. The summed E-state index contributed by atoms with van der Waals surface area (Å²) in [7, 11) is 0. The number of carbonyl (C=O) groups excluding carboxylic acids is 4. The summed E-state index contributed by atoms with van der Waals surface area (Å²) in [5, 5.41) is 56.1. The van der Waals surface area contributed by atoms with E-state index in [0.29, 0.717) is 0 Å². The Balaban J connectivity index is 2.37. The molecule has 0 aromatic carbocycles. The highest BCUT2D eigenvalue weighted by molar-refractivity contribution is 5.91. The van der Waals surface area contributed by atoms with Gasteiger partial charge in [-0.15, -0.1) is 0 Å². The fourth-order valence-electron chi connectivity index (χ4n) is 3.21. The summed E-state index contributed by atoms with van der Waals surface area (Å²) < 4.78 is 10.9. The van der Waals surface area contributed by atoms with E-state index < -0.39 is 98.5 Å². The number of aliphatic hydroxyl groups excluding tert-OH is 4. The number of hydrogen-bond donors (Lipinski definition) is 10. The van der Waals surface area contributed by atoms with Crippen molar-refractivity contribution in [3.05, 3.63) is 0 Å². The van der Waals surface area contributed by atoms with Gasteiger partial charge in [0.15, 0.2) is 6.29 Å². The molecule has 1 heterocycles. The van der Waals surface area contributed by atoms with Crippen LogP contribution in [-0.2, 0) is 33.4 Å². The first kappa shape index (κ1) is 32.1. The van der Waals surface area contributed by atoms with Crippen LogP contribution >= 0.6 is 0 Å². The standard InChI is InChI=1S/C20H35N5O12/c1-9(28)24-15-17(32)16(31)12(8-27)37-20(15)36-4-2-3-22-13(29)5-10(21)18(33)23-6-14(30)25-11(7-26)19(34)35/h10-12,15-17,20,26-27,31-32H,2-8,21H2,1H3,(H,22,29)(H,23,33)(H,24,28)(H,25,30)(H,34,35)/t10-,11+,12+,15+,16+,17+,20+/m0/s1. The molecule has 1 saturated heterocycles. The third-order valence-corrected chi connectivity index (χ3v) is 5.16. The molecule has 0 unspecified atom stereocenters. The van der Waals surface area contributed by atoms with Crippen molar-refractivity contribution in [1.82, 2.24) is 21.3 Å². The minimum Gasteiger partial charge on any atom is -0.480 e. The zero-order valence-corrected chi connectivity index (χ0v) is 20.2. The fraction of sp³-hybridized carbons (Fsp3) is 0.750. The number of carbonyl (C=O) groups is 5. The Morgan fingerprint density at radius 1 is 1.05 bits per heavy atom. The molecule has 0 spiro atoms. The maximum atomic E-state index is 12.0. The molecule has 1 aliphatic rings. The van der Waals surface area contributed by atoms with Crippen LogP contribution in [0, 0.1) is 0 Å². The predicted octanol–water partition coefficient (Wildman–Crippen LogP) is -6.15. The quantitative estimate of drug-likeness (QED) is 0.0871. The maximum absolute atomic E-state index is 12.0. The molecule has 7 atom stereocenters. The van der Waals surface area contributed by atoms with Gasteiger partial charge in [0, 0.05) is 13.5 Å². The highest BCUT2D eigenvalue weighted by Crippen LogP contribution is 2.22. The summed E-state index contributed by atoms with van der Waals surface area (Å²) in [6.07, 6.45) is -5.37. The van der Waals surface area contributed by atoms with Crippen LogP contribution in [0.2, 0.25) is 0 Å². The predicted molar refractivity (Wildman–Crippen MR) is 121 cm³/mol. The molecule has 1 aliphatic heterocycles. The van der Waals surface area contributed by atoms with Crippen LogP contribution in [0.25, 0.3) is 0 Å². The van der Waals surface area contributed by atoms with Crippen molar-refractivity contribution in [2.45, 2.75) is 62.5 Å². The van der Waals surface area contributed by atoms with Crippen molar-refractivity contribution < 1.29 is 59.0 Å². The molecular formula is C20H35N5O12. The fourth-order valence-corrected chi connectivity index (χ4v) is 3.21. The molecule has 0 saturated carbocycles. The van der Waals surface area contributed by atoms with Gasteiger partial charge in [0.2, 0.25) is 23.6 Å². The smallest absolute Gasteiger partial charge is 0.328 e. The molecule has 0 aromatic rings. The average Bonchev–Trinajstić information content (AvgIpc) is 2.84. The van der Waals surface area contributed by atoms with Crippen LogP contribution in [0.4, 0.5) is 0 Å². The maximum Gasteiger partial charge on any atom is 0.328 e.